The van der Waals surface area contributed by atoms with Gasteiger partial charge in [-0.3, -0.25) is 4.39 Å². The maximum atomic E-state index is 13.7. The molecule has 0 bridgehead atoms. The molecule has 0 atom stereocenters. The highest BCUT2D eigenvalue weighted by atomic mass is 19.1. The van der Waals surface area contributed by atoms with Crippen LogP contribution in [0.1, 0.15) is 25.8 Å². The molecule has 1 aromatic rings. The van der Waals surface area contributed by atoms with Gasteiger partial charge in [0, 0.05) is 11.5 Å². The van der Waals surface area contributed by atoms with Gasteiger partial charge in [0.15, 0.2) is 11.6 Å². The lowest BCUT2D eigenvalue weighted by atomic mass is 10.0. The molecular weight excluding hydrogens is 198 g/mol. The highest BCUT2D eigenvalue weighted by molar-refractivity contribution is 5.38. The summed E-state index contributed by atoms with van der Waals surface area (Å²) in [6.45, 7) is 3.34. The molecule has 1 aromatic carbocycles. The summed E-state index contributed by atoms with van der Waals surface area (Å²) in [5.41, 5.74) is 0.297. The van der Waals surface area contributed by atoms with Crippen molar-refractivity contribution in [3.8, 4) is 5.75 Å². The second-order valence-electron chi connectivity index (χ2n) is 3.38. The molecule has 1 nitrogen and oxygen atoms in total. The molecule has 0 aliphatic rings. The van der Waals surface area contributed by atoms with Gasteiger partial charge in [-0.25, -0.2) is 4.39 Å². The largest absolute Gasteiger partial charge is 0.491 e. The third-order valence-corrected chi connectivity index (χ3v) is 2.09. The van der Waals surface area contributed by atoms with Crippen LogP contribution in [0, 0.1) is 11.7 Å². The van der Waals surface area contributed by atoms with E-state index in [1.807, 2.05) is 6.92 Å². The van der Waals surface area contributed by atoms with Gasteiger partial charge in [-0.2, -0.15) is 0 Å². The maximum Gasteiger partial charge on any atom is 0.168 e. The molecule has 0 aliphatic carbocycles. The lowest BCUT2D eigenvalue weighted by Gasteiger charge is -2.11. The topological polar surface area (TPSA) is 9.23 Å². The molecular formula is C12H15F2O. The summed E-state index contributed by atoms with van der Waals surface area (Å²) < 4.78 is 31.3. The van der Waals surface area contributed by atoms with Gasteiger partial charge in [0.25, 0.3) is 0 Å². The van der Waals surface area contributed by atoms with Gasteiger partial charge in [-0.1, -0.05) is 26.0 Å². The van der Waals surface area contributed by atoms with Crippen LogP contribution in [0.2, 0.25) is 0 Å². The molecule has 83 valence electrons. The van der Waals surface area contributed by atoms with E-state index in [4.69, 9.17) is 4.74 Å². The van der Waals surface area contributed by atoms with Crippen molar-refractivity contribution in [2.75, 3.05) is 13.3 Å². The van der Waals surface area contributed by atoms with E-state index in [1.54, 1.807) is 25.1 Å². The van der Waals surface area contributed by atoms with Crippen molar-refractivity contribution >= 4 is 0 Å². The van der Waals surface area contributed by atoms with Crippen LogP contribution in [-0.2, 0) is 0 Å². The molecule has 1 rings (SSSR count). The van der Waals surface area contributed by atoms with E-state index in [9.17, 15) is 8.78 Å². The zero-order valence-corrected chi connectivity index (χ0v) is 9.02. The first kappa shape index (κ1) is 12.0. The van der Waals surface area contributed by atoms with Crippen molar-refractivity contribution in [2.24, 2.45) is 0 Å². The minimum Gasteiger partial charge on any atom is -0.491 e. The van der Waals surface area contributed by atoms with E-state index in [-0.39, 0.29) is 5.75 Å². The molecule has 0 unspecified atom stereocenters. The van der Waals surface area contributed by atoms with E-state index in [2.05, 4.69) is 0 Å². The van der Waals surface area contributed by atoms with Crippen molar-refractivity contribution in [3.63, 3.8) is 0 Å². The summed E-state index contributed by atoms with van der Waals surface area (Å²) in [4.78, 5) is 0. The Balaban J connectivity index is 2.90. The first-order valence-electron chi connectivity index (χ1n) is 5.00. The van der Waals surface area contributed by atoms with E-state index >= 15 is 0 Å². The van der Waals surface area contributed by atoms with Gasteiger partial charge >= 0.3 is 0 Å². The zero-order chi connectivity index (χ0) is 11.3. The molecule has 0 spiro atoms. The van der Waals surface area contributed by atoms with Crippen LogP contribution in [0.3, 0.4) is 0 Å². The fourth-order valence-electron chi connectivity index (χ4n) is 1.24. The van der Waals surface area contributed by atoms with Gasteiger partial charge in [-0.05, 0) is 12.5 Å². The average molecular weight is 213 g/mol. The molecule has 1 radical (unpaired) electrons. The van der Waals surface area contributed by atoms with E-state index in [1.165, 1.54) is 0 Å². The van der Waals surface area contributed by atoms with E-state index < -0.39 is 12.5 Å². The van der Waals surface area contributed by atoms with Gasteiger partial charge in [-0.15, -0.1) is 0 Å². The van der Waals surface area contributed by atoms with E-state index in [0.717, 1.165) is 6.42 Å². The Morgan fingerprint density at radius 3 is 2.73 bits per heavy atom. The fourth-order valence-corrected chi connectivity index (χ4v) is 1.24. The molecule has 3 heteroatoms. The summed E-state index contributed by atoms with van der Waals surface area (Å²) in [6.07, 6.45) is 0.815. The smallest absolute Gasteiger partial charge is 0.168 e. The van der Waals surface area contributed by atoms with Crippen molar-refractivity contribution in [1.29, 1.82) is 0 Å². The summed E-state index contributed by atoms with van der Waals surface area (Å²) in [5, 5.41) is 0. The number of alkyl halides is 1. The van der Waals surface area contributed by atoms with Crippen LogP contribution in [-0.4, -0.2) is 13.3 Å². The van der Waals surface area contributed by atoms with Crippen molar-refractivity contribution in [3.05, 3.63) is 35.5 Å². The normalized spacial score (nSPS) is 10.7. The number of halogens is 2. The first-order valence-corrected chi connectivity index (χ1v) is 5.00. The Labute approximate surface area is 89.1 Å². The SMILES string of the molecule is CCCOc1cccc([C](C)CF)c1F. The maximum absolute atomic E-state index is 13.7. The molecule has 0 saturated carbocycles. The van der Waals surface area contributed by atoms with Crippen molar-refractivity contribution in [2.45, 2.75) is 20.3 Å². The van der Waals surface area contributed by atoms with Crippen LogP contribution in [0.4, 0.5) is 8.78 Å². The Kier molecular flexibility index (Phi) is 4.53. The summed E-state index contributed by atoms with van der Waals surface area (Å²) in [7, 11) is 0. The zero-order valence-electron chi connectivity index (χ0n) is 9.02. The number of hydrogen-bond donors (Lipinski definition) is 0. The molecule has 0 N–H and O–H groups in total. The Hall–Kier alpha value is -1.12. The van der Waals surface area contributed by atoms with Gasteiger partial charge in [0.1, 0.15) is 0 Å². The van der Waals surface area contributed by atoms with Gasteiger partial charge in [0.05, 0.1) is 13.3 Å². The van der Waals surface area contributed by atoms with Crippen LogP contribution in [0.25, 0.3) is 0 Å². The highest BCUT2D eigenvalue weighted by Gasteiger charge is 2.14. The fraction of sp³-hybridized carbons (Fsp3) is 0.417. The molecule has 15 heavy (non-hydrogen) atoms. The van der Waals surface area contributed by atoms with Crippen LogP contribution in [0.15, 0.2) is 18.2 Å². The minimum atomic E-state index is -0.645. The summed E-state index contributed by atoms with van der Waals surface area (Å²) in [5.74, 6) is 0.109. The summed E-state index contributed by atoms with van der Waals surface area (Å²) >= 11 is 0. The molecule has 0 amide bonds. The van der Waals surface area contributed by atoms with E-state index in [0.29, 0.717) is 18.1 Å². The number of rotatable bonds is 5. The third-order valence-electron chi connectivity index (χ3n) is 2.09. The Morgan fingerprint density at radius 1 is 1.40 bits per heavy atom. The predicted molar refractivity (Wildman–Crippen MR) is 56.2 cm³/mol. The van der Waals surface area contributed by atoms with Gasteiger partial charge in [0.2, 0.25) is 0 Å². The second kappa shape index (κ2) is 5.69. The lowest BCUT2D eigenvalue weighted by molar-refractivity contribution is 0.300. The predicted octanol–water partition coefficient (Wildman–Crippen LogP) is 3.53. The number of benzene rings is 1. The standard InChI is InChI=1S/C12H15F2O/c1-3-7-15-11-6-4-5-10(12(11)14)9(2)8-13/h4-6H,3,7-8H2,1-2H3. The molecule has 0 heterocycles. The monoisotopic (exact) mass is 213 g/mol. The number of ether oxygens (including phenoxy) is 1. The third kappa shape index (κ3) is 2.91. The average Bonchev–Trinajstić information content (AvgIpc) is 2.27. The molecule has 0 saturated heterocycles. The van der Waals surface area contributed by atoms with Crippen LogP contribution in [0.5, 0.6) is 5.75 Å². The first-order chi connectivity index (χ1) is 7.20. The molecule has 0 aromatic heterocycles. The quantitative estimate of drug-likeness (QED) is 0.727. The van der Waals surface area contributed by atoms with Gasteiger partial charge < -0.3 is 4.74 Å². The Morgan fingerprint density at radius 2 is 2.13 bits per heavy atom. The van der Waals surface area contributed by atoms with Crippen molar-refractivity contribution in [1.82, 2.24) is 0 Å². The van der Waals surface area contributed by atoms with Crippen LogP contribution >= 0.6 is 0 Å². The summed E-state index contributed by atoms with van der Waals surface area (Å²) in [6, 6.07) is 4.78. The highest BCUT2D eigenvalue weighted by Crippen LogP contribution is 2.26. The Bertz CT molecular complexity index is 312. The van der Waals surface area contributed by atoms with Crippen molar-refractivity contribution < 1.29 is 13.5 Å². The number of hydrogen-bond acceptors (Lipinski definition) is 1. The van der Waals surface area contributed by atoms with Crippen LogP contribution < -0.4 is 4.74 Å². The molecule has 0 fully saturated rings. The lowest BCUT2D eigenvalue weighted by Crippen LogP contribution is -2.04. The minimum absolute atomic E-state index is 0.196. The second-order valence-corrected chi connectivity index (χ2v) is 3.38. The molecule has 0 aliphatic heterocycles.